The van der Waals surface area contributed by atoms with E-state index in [1.165, 1.54) is 11.8 Å². The monoisotopic (exact) mass is 512 g/mol. The van der Waals surface area contributed by atoms with E-state index in [0.29, 0.717) is 27.6 Å². The van der Waals surface area contributed by atoms with E-state index in [1.807, 2.05) is 43.5 Å². The molecule has 0 saturated heterocycles. The second kappa shape index (κ2) is 9.51. The summed E-state index contributed by atoms with van der Waals surface area (Å²) in [4.78, 5) is 12.5. The Bertz CT molecular complexity index is 1070. The number of halogens is 3. The third-order valence-corrected chi connectivity index (χ3v) is 6.91. The smallest absolute Gasteiger partial charge is 0.234 e. The summed E-state index contributed by atoms with van der Waals surface area (Å²) >= 11 is 17.1. The van der Waals surface area contributed by atoms with E-state index in [2.05, 4.69) is 31.4 Å². The molecule has 0 saturated carbocycles. The Kier molecular flexibility index (Phi) is 7.27. The molecular weight excluding hydrogens is 495 g/mol. The average Bonchev–Trinajstić information content (AvgIpc) is 3.09. The number of aromatic nitrogens is 3. The molecule has 3 rings (SSSR count). The summed E-state index contributed by atoms with van der Waals surface area (Å²) in [5, 5.41) is 13.2. The predicted molar refractivity (Wildman–Crippen MR) is 124 cm³/mol. The van der Waals surface area contributed by atoms with Gasteiger partial charge in [0.1, 0.15) is 0 Å². The molecule has 0 atom stereocenters. The van der Waals surface area contributed by atoms with Crippen LogP contribution in [-0.4, -0.2) is 26.4 Å². The molecule has 1 heterocycles. The van der Waals surface area contributed by atoms with Gasteiger partial charge in [-0.15, -0.1) is 10.2 Å². The van der Waals surface area contributed by atoms with Gasteiger partial charge in [-0.25, -0.2) is 0 Å². The van der Waals surface area contributed by atoms with Crippen molar-refractivity contribution >= 4 is 62.5 Å². The van der Waals surface area contributed by atoms with Gasteiger partial charge < -0.3 is 9.88 Å². The number of amides is 1. The fraction of sp³-hybridized carbons (Fsp3) is 0.250. The van der Waals surface area contributed by atoms with E-state index in [1.54, 1.807) is 12.1 Å². The molecule has 0 bridgehead atoms. The molecule has 5 nitrogen and oxygen atoms in total. The molecule has 29 heavy (non-hydrogen) atoms. The van der Waals surface area contributed by atoms with Crippen molar-refractivity contribution in [2.24, 2.45) is 0 Å². The lowest BCUT2D eigenvalue weighted by molar-refractivity contribution is -0.113. The maximum absolute atomic E-state index is 12.5. The van der Waals surface area contributed by atoms with Gasteiger partial charge >= 0.3 is 0 Å². The minimum atomic E-state index is -0.100. The van der Waals surface area contributed by atoms with Crippen molar-refractivity contribution in [3.05, 3.63) is 56.0 Å². The Balaban J connectivity index is 1.73. The molecule has 0 aliphatic carbocycles. The number of thioether (sulfide) groups is 1. The zero-order valence-electron chi connectivity index (χ0n) is 16.1. The van der Waals surface area contributed by atoms with Crippen molar-refractivity contribution in [3.8, 4) is 11.4 Å². The van der Waals surface area contributed by atoms with Gasteiger partial charge in [-0.2, -0.15) is 0 Å². The normalized spacial score (nSPS) is 11.0. The molecule has 152 valence electrons. The highest BCUT2D eigenvalue weighted by atomic mass is 79.9. The second-order valence-corrected chi connectivity index (χ2v) is 9.00. The van der Waals surface area contributed by atoms with Gasteiger partial charge in [0.2, 0.25) is 5.91 Å². The van der Waals surface area contributed by atoms with E-state index in [9.17, 15) is 4.79 Å². The molecule has 1 aromatic heterocycles. The Morgan fingerprint density at radius 3 is 2.62 bits per heavy atom. The minimum Gasteiger partial charge on any atom is -0.325 e. The number of benzene rings is 2. The molecule has 0 fully saturated rings. The number of hydrogen-bond acceptors (Lipinski definition) is 4. The van der Waals surface area contributed by atoms with Crippen LogP contribution in [0.2, 0.25) is 10.0 Å². The van der Waals surface area contributed by atoms with Gasteiger partial charge in [0.25, 0.3) is 0 Å². The van der Waals surface area contributed by atoms with Gasteiger partial charge in [0, 0.05) is 27.3 Å². The molecule has 0 spiro atoms. The van der Waals surface area contributed by atoms with Gasteiger partial charge in [0.15, 0.2) is 11.0 Å². The van der Waals surface area contributed by atoms with Crippen LogP contribution in [0, 0.1) is 13.8 Å². The van der Waals surface area contributed by atoms with Crippen molar-refractivity contribution in [2.45, 2.75) is 32.5 Å². The molecule has 0 aliphatic rings. The number of nitrogens with zero attached hydrogens (tertiary/aromatic N) is 3. The van der Waals surface area contributed by atoms with Crippen LogP contribution in [0.1, 0.15) is 18.1 Å². The summed E-state index contributed by atoms with van der Waals surface area (Å²) in [7, 11) is 0. The fourth-order valence-electron chi connectivity index (χ4n) is 2.79. The van der Waals surface area contributed by atoms with Crippen LogP contribution in [0.3, 0.4) is 0 Å². The van der Waals surface area contributed by atoms with Crippen LogP contribution in [-0.2, 0) is 11.3 Å². The number of carbonyl (C=O) groups is 1. The number of anilines is 1. The first-order valence-corrected chi connectivity index (χ1v) is 11.4. The summed E-state index contributed by atoms with van der Waals surface area (Å²) in [6.07, 6.45) is 0. The average molecular weight is 514 g/mol. The van der Waals surface area contributed by atoms with Crippen LogP contribution in [0.4, 0.5) is 5.69 Å². The molecule has 9 heteroatoms. The lowest BCUT2D eigenvalue weighted by Crippen LogP contribution is -2.15. The Morgan fingerprint density at radius 2 is 1.93 bits per heavy atom. The van der Waals surface area contributed by atoms with E-state index in [4.69, 9.17) is 23.2 Å². The first-order valence-electron chi connectivity index (χ1n) is 8.88. The molecule has 2 aromatic carbocycles. The Labute approximate surface area is 192 Å². The highest BCUT2D eigenvalue weighted by molar-refractivity contribution is 9.10. The zero-order valence-corrected chi connectivity index (χ0v) is 20.0. The quantitative estimate of drug-likeness (QED) is 0.388. The van der Waals surface area contributed by atoms with Crippen LogP contribution in [0.5, 0.6) is 0 Å². The Morgan fingerprint density at radius 1 is 1.17 bits per heavy atom. The second-order valence-electron chi connectivity index (χ2n) is 6.36. The molecule has 3 aromatic rings. The maximum atomic E-state index is 12.5. The number of carbonyl (C=O) groups excluding carboxylic acids is 1. The highest BCUT2D eigenvalue weighted by Crippen LogP contribution is 2.31. The topological polar surface area (TPSA) is 59.8 Å². The molecule has 0 radical (unpaired) electrons. The van der Waals surface area contributed by atoms with Crippen molar-refractivity contribution in [3.63, 3.8) is 0 Å². The molecule has 0 aliphatic heterocycles. The maximum Gasteiger partial charge on any atom is 0.234 e. The summed E-state index contributed by atoms with van der Waals surface area (Å²) in [5.74, 6) is 0.772. The minimum absolute atomic E-state index is 0.100. The van der Waals surface area contributed by atoms with E-state index < -0.39 is 0 Å². The van der Waals surface area contributed by atoms with Crippen LogP contribution >= 0.6 is 50.9 Å². The van der Waals surface area contributed by atoms with Gasteiger partial charge in [0.05, 0.1) is 10.8 Å². The molecular formula is C20H19BrCl2N4OS. The summed E-state index contributed by atoms with van der Waals surface area (Å²) < 4.78 is 2.95. The summed E-state index contributed by atoms with van der Waals surface area (Å²) in [5.41, 5.74) is 3.70. The SMILES string of the molecule is CCn1c(SCC(=O)Nc2ccc(Br)c(C)c2C)nnc1-c1ccc(Cl)cc1Cl. The van der Waals surface area contributed by atoms with Gasteiger partial charge in [-0.05, 0) is 62.2 Å². The largest absolute Gasteiger partial charge is 0.325 e. The van der Waals surface area contributed by atoms with E-state index >= 15 is 0 Å². The van der Waals surface area contributed by atoms with Crippen molar-refractivity contribution in [1.82, 2.24) is 14.8 Å². The summed E-state index contributed by atoms with van der Waals surface area (Å²) in [6.45, 7) is 6.64. The number of nitrogens with one attached hydrogen (secondary N) is 1. The van der Waals surface area contributed by atoms with Crippen molar-refractivity contribution in [2.75, 3.05) is 11.1 Å². The third kappa shape index (κ3) is 4.97. The van der Waals surface area contributed by atoms with E-state index in [-0.39, 0.29) is 11.7 Å². The van der Waals surface area contributed by atoms with Crippen LogP contribution < -0.4 is 5.32 Å². The lowest BCUT2D eigenvalue weighted by Gasteiger charge is -2.12. The first kappa shape index (κ1) is 22.2. The summed E-state index contributed by atoms with van der Waals surface area (Å²) in [6, 6.07) is 9.09. The standard InChI is InChI=1S/C20H19BrCl2N4OS/c1-4-27-19(14-6-5-13(22)9-16(14)23)25-26-20(27)29-10-18(28)24-17-8-7-15(21)11(2)12(17)3/h5-9H,4,10H2,1-3H3,(H,24,28). The van der Waals surface area contributed by atoms with Crippen molar-refractivity contribution in [1.29, 1.82) is 0 Å². The highest BCUT2D eigenvalue weighted by Gasteiger charge is 2.17. The zero-order chi connectivity index (χ0) is 21.1. The molecule has 1 amide bonds. The Hall–Kier alpha value is -1.54. The lowest BCUT2D eigenvalue weighted by atomic mass is 10.1. The third-order valence-electron chi connectivity index (χ3n) is 4.53. The van der Waals surface area contributed by atoms with Gasteiger partial charge in [-0.3, -0.25) is 4.79 Å². The van der Waals surface area contributed by atoms with Crippen LogP contribution in [0.25, 0.3) is 11.4 Å². The predicted octanol–water partition coefficient (Wildman–Crippen LogP) is 6.38. The van der Waals surface area contributed by atoms with Gasteiger partial charge in [-0.1, -0.05) is 50.9 Å². The number of hydrogen-bond donors (Lipinski definition) is 1. The molecule has 0 unspecified atom stereocenters. The van der Waals surface area contributed by atoms with Crippen molar-refractivity contribution < 1.29 is 4.79 Å². The molecule has 1 N–H and O–H groups in total. The van der Waals surface area contributed by atoms with E-state index in [0.717, 1.165) is 26.9 Å². The first-order chi connectivity index (χ1) is 13.8. The van der Waals surface area contributed by atoms with Crippen LogP contribution in [0.15, 0.2) is 40.0 Å². The fourth-order valence-corrected chi connectivity index (χ4v) is 4.51. The number of rotatable bonds is 6.